The molecule has 0 aromatic rings. The second-order valence-corrected chi connectivity index (χ2v) is 17.9. The molecule has 0 radical (unpaired) electrons. The minimum absolute atomic E-state index is 0.144. The summed E-state index contributed by atoms with van der Waals surface area (Å²) >= 11 is 0. The van der Waals surface area contributed by atoms with Crippen molar-refractivity contribution >= 4 is 28.6 Å². The third kappa shape index (κ3) is 23.5. The summed E-state index contributed by atoms with van der Waals surface area (Å²) in [6.07, 6.45) is 5.99. The average molecular weight is 561 g/mol. The number of unbranched alkanes of at least 4 members (excludes halogenated alkanes) is 4. The van der Waals surface area contributed by atoms with Gasteiger partial charge in [0.05, 0.1) is 25.9 Å². The molecular weight excluding hydrogens is 508 g/mol. The normalized spacial score (nSPS) is 12.7. The van der Waals surface area contributed by atoms with Crippen LogP contribution in [-0.4, -0.2) is 80.9 Å². The zero-order chi connectivity index (χ0) is 28.0. The second kappa shape index (κ2) is 21.6. The van der Waals surface area contributed by atoms with Crippen LogP contribution in [0.25, 0.3) is 0 Å². The van der Waals surface area contributed by atoms with Gasteiger partial charge in [-0.1, -0.05) is 24.2 Å². The van der Waals surface area contributed by atoms with Crippen LogP contribution in [0.5, 0.6) is 0 Å². The van der Waals surface area contributed by atoms with E-state index in [1.807, 2.05) is 18.3 Å². The lowest BCUT2D eigenvalue weighted by Crippen LogP contribution is -2.27. The van der Waals surface area contributed by atoms with Crippen LogP contribution in [0.15, 0.2) is 24.6 Å². The van der Waals surface area contributed by atoms with Crippen molar-refractivity contribution in [2.45, 2.75) is 90.6 Å². The van der Waals surface area contributed by atoms with Crippen molar-refractivity contribution in [2.24, 2.45) is 0 Å². The summed E-state index contributed by atoms with van der Waals surface area (Å²) in [7, 11) is -3.39. The second-order valence-electron chi connectivity index (χ2n) is 10.1. The fraction of sp³-hybridized carbons (Fsp3) is 0.778. The van der Waals surface area contributed by atoms with E-state index in [0.717, 1.165) is 38.5 Å². The predicted octanol–water partition coefficient (Wildman–Crippen LogP) is 5.51. The maximum absolute atomic E-state index is 11.8. The SMILES string of the molecule is C=C[Si](C)(C)OCCCCCC(=O)OCCOCC(C)OCCOC(=O)CCCCCO[Si](C)(C)C=C. The molecule has 0 saturated heterocycles. The lowest BCUT2D eigenvalue weighted by Gasteiger charge is -2.17. The Labute approximate surface area is 227 Å². The van der Waals surface area contributed by atoms with Crippen molar-refractivity contribution in [3.8, 4) is 0 Å². The molecule has 0 saturated carbocycles. The first-order valence-electron chi connectivity index (χ1n) is 13.6. The van der Waals surface area contributed by atoms with Gasteiger partial charge in [0.2, 0.25) is 16.6 Å². The van der Waals surface area contributed by atoms with Crippen LogP contribution >= 0.6 is 0 Å². The number of carbonyl (C=O) groups excluding carboxylic acids is 2. The van der Waals surface area contributed by atoms with Gasteiger partial charge in [-0.2, -0.15) is 0 Å². The number of hydrogen-bond donors (Lipinski definition) is 0. The maximum atomic E-state index is 11.8. The minimum Gasteiger partial charge on any atom is -0.463 e. The molecular formula is C27H52O8Si2. The molecule has 0 fully saturated rings. The number of carbonyl (C=O) groups is 2. The third-order valence-corrected chi connectivity index (χ3v) is 9.44. The summed E-state index contributed by atoms with van der Waals surface area (Å²) < 4.78 is 33.1. The van der Waals surface area contributed by atoms with Crippen LogP contribution < -0.4 is 0 Å². The quantitative estimate of drug-likeness (QED) is 0.0820. The summed E-state index contributed by atoms with van der Waals surface area (Å²) in [6.45, 7) is 20.8. The smallest absolute Gasteiger partial charge is 0.305 e. The van der Waals surface area contributed by atoms with Crippen LogP contribution in [-0.2, 0) is 37.4 Å². The largest absolute Gasteiger partial charge is 0.463 e. The van der Waals surface area contributed by atoms with Crippen LogP contribution in [0.1, 0.15) is 58.3 Å². The van der Waals surface area contributed by atoms with Gasteiger partial charge in [-0.3, -0.25) is 9.59 Å². The van der Waals surface area contributed by atoms with Crippen LogP contribution in [0, 0.1) is 0 Å². The van der Waals surface area contributed by atoms with Gasteiger partial charge in [-0.15, -0.1) is 13.2 Å². The Hall–Kier alpha value is -1.31. The van der Waals surface area contributed by atoms with Gasteiger partial charge < -0.3 is 27.8 Å². The van der Waals surface area contributed by atoms with E-state index in [2.05, 4.69) is 39.3 Å². The summed E-state index contributed by atoms with van der Waals surface area (Å²) in [4.78, 5) is 23.6. The molecule has 10 heteroatoms. The predicted molar refractivity (Wildman–Crippen MR) is 152 cm³/mol. The van der Waals surface area contributed by atoms with Crippen molar-refractivity contribution < 1.29 is 37.4 Å². The molecule has 0 rings (SSSR count). The van der Waals surface area contributed by atoms with Gasteiger partial charge in [0.1, 0.15) is 13.2 Å². The Bertz CT molecular complexity index is 640. The van der Waals surface area contributed by atoms with E-state index in [1.165, 1.54) is 0 Å². The first-order valence-corrected chi connectivity index (χ1v) is 19.5. The standard InChI is InChI=1S/C27H52O8Si2/c1-8-36(4,5)34-18-14-10-12-16-26(28)32-21-20-30-24-25(3)31-22-23-33-27(29)17-13-11-15-19-35-37(6,7)9-2/h8-9,25H,1-2,10-24H2,3-7H3. The zero-order valence-electron chi connectivity index (χ0n) is 24.0. The molecule has 0 bridgehead atoms. The highest BCUT2D eigenvalue weighted by Gasteiger charge is 2.17. The molecule has 0 N–H and O–H groups in total. The van der Waals surface area contributed by atoms with Gasteiger partial charge in [-0.05, 0) is 58.8 Å². The van der Waals surface area contributed by atoms with Gasteiger partial charge >= 0.3 is 11.9 Å². The summed E-state index contributed by atoms with van der Waals surface area (Å²) in [5.74, 6) is -0.411. The fourth-order valence-corrected chi connectivity index (χ4v) is 4.52. The Morgan fingerprint density at radius 1 is 0.676 bits per heavy atom. The zero-order valence-corrected chi connectivity index (χ0v) is 26.0. The van der Waals surface area contributed by atoms with E-state index in [0.29, 0.717) is 45.9 Å². The minimum atomic E-state index is -1.70. The van der Waals surface area contributed by atoms with E-state index in [1.54, 1.807) is 0 Å². The molecule has 8 nitrogen and oxygen atoms in total. The Kier molecular flexibility index (Phi) is 20.8. The molecule has 0 spiro atoms. The van der Waals surface area contributed by atoms with Gasteiger partial charge in [0.25, 0.3) is 0 Å². The molecule has 0 aromatic carbocycles. The first kappa shape index (κ1) is 35.7. The van der Waals surface area contributed by atoms with Crippen LogP contribution in [0.3, 0.4) is 0 Å². The highest BCUT2D eigenvalue weighted by molar-refractivity contribution is 6.76. The Morgan fingerprint density at radius 2 is 1.14 bits per heavy atom. The lowest BCUT2D eigenvalue weighted by molar-refractivity contribution is -0.148. The third-order valence-electron chi connectivity index (χ3n) is 5.57. The van der Waals surface area contributed by atoms with E-state index in [-0.39, 0.29) is 31.3 Å². The average Bonchev–Trinajstić information content (AvgIpc) is 2.85. The fourth-order valence-electron chi connectivity index (χ4n) is 2.95. The topological polar surface area (TPSA) is 89.5 Å². The van der Waals surface area contributed by atoms with E-state index in [9.17, 15) is 9.59 Å². The van der Waals surface area contributed by atoms with Crippen molar-refractivity contribution in [3.63, 3.8) is 0 Å². The Balaban J connectivity index is 3.52. The van der Waals surface area contributed by atoms with Crippen LogP contribution in [0.4, 0.5) is 0 Å². The van der Waals surface area contributed by atoms with E-state index >= 15 is 0 Å². The molecule has 1 unspecified atom stereocenters. The number of hydrogen-bond acceptors (Lipinski definition) is 8. The van der Waals surface area contributed by atoms with Gasteiger partial charge in [0, 0.05) is 26.1 Å². The molecule has 0 heterocycles. The highest BCUT2D eigenvalue weighted by atomic mass is 28.4. The molecule has 216 valence electrons. The molecule has 0 aliphatic carbocycles. The van der Waals surface area contributed by atoms with Gasteiger partial charge in [0.15, 0.2) is 0 Å². The summed E-state index contributed by atoms with van der Waals surface area (Å²) in [5, 5.41) is 0. The monoisotopic (exact) mass is 560 g/mol. The highest BCUT2D eigenvalue weighted by Crippen LogP contribution is 2.09. The van der Waals surface area contributed by atoms with Crippen molar-refractivity contribution in [2.75, 3.05) is 46.2 Å². The number of esters is 2. The summed E-state index contributed by atoms with van der Waals surface area (Å²) in [5.41, 5.74) is 3.84. The van der Waals surface area contributed by atoms with E-state index < -0.39 is 16.6 Å². The molecule has 0 amide bonds. The van der Waals surface area contributed by atoms with E-state index in [4.69, 9.17) is 27.8 Å². The first-order chi connectivity index (χ1) is 17.5. The lowest BCUT2D eigenvalue weighted by atomic mass is 10.2. The molecule has 0 aromatic heterocycles. The molecule has 0 aliphatic heterocycles. The van der Waals surface area contributed by atoms with Gasteiger partial charge in [-0.25, -0.2) is 0 Å². The van der Waals surface area contributed by atoms with Crippen molar-refractivity contribution in [3.05, 3.63) is 24.6 Å². The van der Waals surface area contributed by atoms with Crippen molar-refractivity contribution in [1.29, 1.82) is 0 Å². The van der Waals surface area contributed by atoms with Crippen LogP contribution in [0.2, 0.25) is 26.2 Å². The number of ether oxygens (including phenoxy) is 4. The van der Waals surface area contributed by atoms with Crippen molar-refractivity contribution in [1.82, 2.24) is 0 Å². The summed E-state index contributed by atoms with van der Waals surface area (Å²) in [6, 6.07) is 0. The Morgan fingerprint density at radius 3 is 1.59 bits per heavy atom. The molecule has 37 heavy (non-hydrogen) atoms. The molecule has 0 aliphatic rings. The number of rotatable bonds is 25. The maximum Gasteiger partial charge on any atom is 0.305 e. The molecule has 1 atom stereocenters.